The Kier molecular flexibility index (Phi) is 6.21. The van der Waals surface area contributed by atoms with Crippen LogP contribution in [0.2, 0.25) is 0 Å². The van der Waals surface area contributed by atoms with E-state index in [9.17, 15) is 0 Å². The molecule has 1 nitrogen and oxygen atoms in total. The van der Waals surface area contributed by atoms with Gasteiger partial charge in [0, 0.05) is 21.8 Å². The minimum atomic E-state index is 0.483. The van der Waals surface area contributed by atoms with Crippen LogP contribution in [0.3, 0.4) is 0 Å². The SMILES string of the molecule is CCCCCC(C)NC(C)c1cc(C)sc1C. The summed E-state index contributed by atoms with van der Waals surface area (Å²) >= 11 is 1.91. The molecular formula is C15H27NS. The van der Waals surface area contributed by atoms with Gasteiger partial charge in [0.2, 0.25) is 0 Å². The zero-order valence-electron chi connectivity index (χ0n) is 12.0. The smallest absolute Gasteiger partial charge is 0.0305 e. The Morgan fingerprint density at radius 1 is 1.24 bits per heavy atom. The van der Waals surface area contributed by atoms with E-state index < -0.39 is 0 Å². The summed E-state index contributed by atoms with van der Waals surface area (Å²) in [5.41, 5.74) is 1.48. The van der Waals surface area contributed by atoms with E-state index in [4.69, 9.17) is 0 Å². The molecule has 0 fully saturated rings. The first kappa shape index (κ1) is 14.7. The van der Waals surface area contributed by atoms with Crippen molar-refractivity contribution in [2.75, 3.05) is 0 Å². The maximum absolute atomic E-state index is 3.72. The Morgan fingerprint density at radius 2 is 1.94 bits per heavy atom. The summed E-state index contributed by atoms with van der Waals surface area (Å²) in [6, 6.07) is 3.43. The molecule has 2 unspecified atom stereocenters. The van der Waals surface area contributed by atoms with Gasteiger partial charge < -0.3 is 5.32 Å². The van der Waals surface area contributed by atoms with Crippen LogP contribution in [0, 0.1) is 13.8 Å². The molecule has 17 heavy (non-hydrogen) atoms. The van der Waals surface area contributed by atoms with E-state index >= 15 is 0 Å². The van der Waals surface area contributed by atoms with Gasteiger partial charge in [-0.25, -0.2) is 0 Å². The van der Waals surface area contributed by atoms with E-state index in [-0.39, 0.29) is 0 Å². The monoisotopic (exact) mass is 253 g/mol. The van der Waals surface area contributed by atoms with Crippen molar-refractivity contribution in [3.8, 4) is 0 Å². The quantitative estimate of drug-likeness (QED) is 0.675. The average Bonchev–Trinajstić information content (AvgIpc) is 2.58. The number of aryl methyl sites for hydroxylation is 2. The highest BCUT2D eigenvalue weighted by Crippen LogP contribution is 2.26. The van der Waals surface area contributed by atoms with Crippen LogP contribution in [-0.2, 0) is 0 Å². The summed E-state index contributed by atoms with van der Waals surface area (Å²) in [4.78, 5) is 2.88. The number of hydrogen-bond acceptors (Lipinski definition) is 2. The molecule has 0 saturated heterocycles. The fourth-order valence-corrected chi connectivity index (χ4v) is 3.40. The van der Waals surface area contributed by atoms with Crippen LogP contribution in [0.15, 0.2) is 6.07 Å². The molecule has 1 heterocycles. The number of hydrogen-bond donors (Lipinski definition) is 1. The maximum atomic E-state index is 3.72. The predicted octanol–water partition coefficient (Wildman–Crippen LogP) is 4.98. The second-order valence-electron chi connectivity index (χ2n) is 5.15. The van der Waals surface area contributed by atoms with Crippen LogP contribution in [0.25, 0.3) is 0 Å². The zero-order valence-corrected chi connectivity index (χ0v) is 12.8. The molecule has 2 atom stereocenters. The standard InChI is InChI=1S/C15H27NS/c1-6-7-8-9-11(2)16-13(4)15-10-12(3)17-14(15)5/h10-11,13,16H,6-9H2,1-5H3. The molecule has 1 N–H and O–H groups in total. The van der Waals surface area contributed by atoms with Gasteiger partial charge >= 0.3 is 0 Å². The maximum Gasteiger partial charge on any atom is 0.0305 e. The van der Waals surface area contributed by atoms with Crippen molar-refractivity contribution >= 4 is 11.3 Å². The molecule has 0 aliphatic carbocycles. The summed E-state index contributed by atoms with van der Waals surface area (Å²) in [6.45, 7) is 11.3. The normalized spacial score (nSPS) is 14.9. The molecule has 0 saturated carbocycles. The molecule has 1 aromatic heterocycles. The van der Waals surface area contributed by atoms with E-state index in [1.54, 1.807) is 0 Å². The number of rotatable bonds is 7. The fourth-order valence-electron chi connectivity index (χ4n) is 2.38. The molecule has 0 aliphatic heterocycles. The summed E-state index contributed by atoms with van der Waals surface area (Å²) in [5, 5.41) is 3.72. The Labute approximate surface area is 111 Å². The number of thiophene rings is 1. The predicted molar refractivity (Wildman–Crippen MR) is 78.9 cm³/mol. The lowest BCUT2D eigenvalue weighted by Gasteiger charge is -2.20. The highest BCUT2D eigenvalue weighted by molar-refractivity contribution is 7.12. The summed E-state index contributed by atoms with van der Waals surface area (Å²) < 4.78 is 0. The first-order chi connectivity index (χ1) is 8.04. The molecule has 0 aromatic carbocycles. The third-order valence-corrected chi connectivity index (χ3v) is 4.30. The summed E-state index contributed by atoms with van der Waals surface area (Å²) in [7, 11) is 0. The van der Waals surface area contributed by atoms with Crippen LogP contribution < -0.4 is 5.32 Å². The second-order valence-corrected chi connectivity index (χ2v) is 6.61. The van der Waals surface area contributed by atoms with Gasteiger partial charge in [-0.3, -0.25) is 0 Å². The van der Waals surface area contributed by atoms with Crippen LogP contribution in [0.1, 0.15) is 67.8 Å². The second kappa shape index (κ2) is 7.17. The van der Waals surface area contributed by atoms with Gasteiger partial charge in [-0.05, 0) is 45.7 Å². The van der Waals surface area contributed by atoms with Crippen molar-refractivity contribution in [3.05, 3.63) is 21.4 Å². The van der Waals surface area contributed by atoms with Crippen molar-refractivity contribution in [2.24, 2.45) is 0 Å². The van der Waals surface area contributed by atoms with Gasteiger partial charge in [0.1, 0.15) is 0 Å². The first-order valence-electron chi connectivity index (χ1n) is 6.87. The van der Waals surface area contributed by atoms with Crippen LogP contribution in [0.5, 0.6) is 0 Å². The molecule has 0 aliphatic rings. The van der Waals surface area contributed by atoms with Gasteiger partial charge in [0.15, 0.2) is 0 Å². The van der Waals surface area contributed by atoms with Crippen LogP contribution in [-0.4, -0.2) is 6.04 Å². The van der Waals surface area contributed by atoms with E-state index in [2.05, 4.69) is 46.0 Å². The Hall–Kier alpha value is -0.340. The van der Waals surface area contributed by atoms with Gasteiger partial charge in [0.05, 0.1) is 0 Å². The fraction of sp³-hybridized carbons (Fsp3) is 0.733. The van der Waals surface area contributed by atoms with Crippen LogP contribution >= 0.6 is 11.3 Å². The van der Waals surface area contributed by atoms with Gasteiger partial charge in [-0.1, -0.05) is 26.2 Å². The Bertz CT molecular complexity index is 330. The van der Waals surface area contributed by atoms with E-state index in [1.165, 1.54) is 41.0 Å². The molecule has 0 radical (unpaired) electrons. The van der Waals surface area contributed by atoms with Crippen molar-refractivity contribution in [1.29, 1.82) is 0 Å². The number of nitrogens with one attached hydrogen (secondary N) is 1. The zero-order chi connectivity index (χ0) is 12.8. The third kappa shape index (κ3) is 4.81. The van der Waals surface area contributed by atoms with E-state index in [0.717, 1.165) is 0 Å². The van der Waals surface area contributed by atoms with Gasteiger partial charge in [0.25, 0.3) is 0 Å². The van der Waals surface area contributed by atoms with Crippen molar-refractivity contribution in [1.82, 2.24) is 5.32 Å². The molecular weight excluding hydrogens is 226 g/mol. The van der Waals surface area contributed by atoms with E-state index in [0.29, 0.717) is 12.1 Å². The molecule has 0 bridgehead atoms. The molecule has 98 valence electrons. The topological polar surface area (TPSA) is 12.0 Å². The van der Waals surface area contributed by atoms with Crippen molar-refractivity contribution in [2.45, 2.75) is 72.4 Å². The summed E-state index contributed by atoms with van der Waals surface area (Å²) in [5.74, 6) is 0. The lowest BCUT2D eigenvalue weighted by molar-refractivity contribution is 0.440. The minimum absolute atomic E-state index is 0.483. The molecule has 1 rings (SSSR count). The Morgan fingerprint density at radius 3 is 2.47 bits per heavy atom. The van der Waals surface area contributed by atoms with Crippen molar-refractivity contribution < 1.29 is 0 Å². The first-order valence-corrected chi connectivity index (χ1v) is 7.69. The lowest BCUT2D eigenvalue weighted by atomic mass is 10.1. The van der Waals surface area contributed by atoms with E-state index in [1.807, 2.05) is 11.3 Å². The average molecular weight is 253 g/mol. The Balaban J connectivity index is 2.43. The number of unbranched alkanes of at least 4 members (excludes halogenated alkanes) is 2. The molecule has 1 aromatic rings. The molecule has 2 heteroatoms. The highest BCUT2D eigenvalue weighted by Gasteiger charge is 2.13. The van der Waals surface area contributed by atoms with Gasteiger partial charge in [-0.15, -0.1) is 11.3 Å². The van der Waals surface area contributed by atoms with Crippen LogP contribution in [0.4, 0.5) is 0 Å². The molecule has 0 amide bonds. The van der Waals surface area contributed by atoms with Crippen molar-refractivity contribution in [3.63, 3.8) is 0 Å². The van der Waals surface area contributed by atoms with Gasteiger partial charge in [-0.2, -0.15) is 0 Å². The minimum Gasteiger partial charge on any atom is -0.308 e. The summed E-state index contributed by atoms with van der Waals surface area (Å²) in [6.07, 6.45) is 5.31. The third-order valence-electron chi connectivity index (χ3n) is 3.32. The molecule has 0 spiro atoms. The lowest BCUT2D eigenvalue weighted by Crippen LogP contribution is -2.28. The highest BCUT2D eigenvalue weighted by atomic mass is 32.1. The largest absolute Gasteiger partial charge is 0.308 e.